The van der Waals surface area contributed by atoms with E-state index in [4.69, 9.17) is 16.7 Å². The van der Waals surface area contributed by atoms with E-state index >= 15 is 0 Å². The number of rotatable bonds is 4. The molecule has 0 aromatic rings. The van der Waals surface area contributed by atoms with Crippen LogP contribution in [0.2, 0.25) is 0 Å². The molecule has 0 aliphatic carbocycles. The van der Waals surface area contributed by atoms with E-state index in [1.807, 2.05) is 0 Å². The third-order valence-electron chi connectivity index (χ3n) is 1.00. The molecular formula is C6H12ClNO2. The fourth-order valence-corrected chi connectivity index (χ4v) is 0.650. The lowest BCUT2D eigenvalue weighted by Gasteiger charge is -2.08. The highest BCUT2D eigenvalue weighted by atomic mass is 35.5. The zero-order chi connectivity index (χ0) is 7.98. The molecule has 2 N–H and O–H groups in total. The summed E-state index contributed by atoms with van der Waals surface area (Å²) in [5.74, 6) is 0.209. The summed E-state index contributed by atoms with van der Waals surface area (Å²) in [6, 6.07) is -0.171. The zero-order valence-electron chi connectivity index (χ0n) is 5.93. The average molecular weight is 166 g/mol. The van der Waals surface area contributed by atoms with Crippen LogP contribution in [0.3, 0.4) is 0 Å². The predicted octanol–water partition coefficient (Wildman–Crippen LogP) is 0.112. The highest BCUT2D eigenvalue weighted by Crippen LogP contribution is 1.86. The van der Waals surface area contributed by atoms with Gasteiger partial charge in [0.25, 0.3) is 0 Å². The number of aliphatic hydroxyl groups is 1. The van der Waals surface area contributed by atoms with Crippen LogP contribution in [-0.4, -0.2) is 29.5 Å². The molecule has 10 heavy (non-hydrogen) atoms. The normalized spacial score (nSPS) is 12.7. The number of alkyl halides is 1. The molecule has 0 aliphatic rings. The van der Waals surface area contributed by atoms with Gasteiger partial charge in [-0.05, 0) is 6.92 Å². The summed E-state index contributed by atoms with van der Waals surface area (Å²) in [6.07, 6.45) is 0.311. The highest BCUT2D eigenvalue weighted by molar-refractivity contribution is 6.18. The van der Waals surface area contributed by atoms with Gasteiger partial charge in [-0.2, -0.15) is 0 Å². The minimum atomic E-state index is -0.171. The van der Waals surface area contributed by atoms with Gasteiger partial charge in [-0.3, -0.25) is 4.79 Å². The Labute approximate surface area is 65.4 Å². The summed E-state index contributed by atoms with van der Waals surface area (Å²) in [4.78, 5) is 10.7. The largest absolute Gasteiger partial charge is 0.394 e. The van der Waals surface area contributed by atoms with Gasteiger partial charge >= 0.3 is 0 Å². The molecule has 0 saturated heterocycles. The maximum Gasteiger partial charge on any atom is 0.221 e. The average Bonchev–Trinajstić information content (AvgIpc) is 1.88. The van der Waals surface area contributed by atoms with Crippen molar-refractivity contribution in [3.8, 4) is 0 Å². The number of hydrogen-bond donors (Lipinski definition) is 2. The number of carbonyl (C=O) groups excluding carboxylic acids is 1. The Morgan fingerprint density at radius 3 is 2.80 bits per heavy atom. The highest BCUT2D eigenvalue weighted by Gasteiger charge is 2.03. The monoisotopic (exact) mass is 165 g/mol. The lowest BCUT2D eigenvalue weighted by atomic mass is 10.3. The van der Waals surface area contributed by atoms with Gasteiger partial charge in [0.05, 0.1) is 6.61 Å². The minimum Gasteiger partial charge on any atom is -0.394 e. The molecule has 0 saturated carbocycles. The molecule has 0 bridgehead atoms. The van der Waals surface area contributed by atoms with Crippen LogP contribution >= 0.6 is 11.6 Å². The molecule has 60 valence electrons. The van der Waals surface area contributed by atoms with Gasteiger partial charge in [0, 0.05) is 18.3 Å². The Hall–Kier alpha value is -0.280. The standard InChI is InChI=1S/C6H12ClNO2/c1-5(4-9)8-6(10)2-3-7/h5,9H,2-4H2,1H3,(H,8,10). The molecule has 0 spiro atoms. The number of aliphatic hydroxyl groups excluding tert-OH is 1. The first-order valence-corrected chi connectivity index (χ1v) is 3.70. The van der Waals surface area contributed by atoms with Gasteiger partial charge in [0.2, 0.25) is 5.91 Å². The second kappa shape index (κ2) is 5.50. The SMILES string of the molecule is CC(CO)NC(=O)CCCl. The second-order valence-electron chi connectivity index (χ2n) is 2.09. The number of amides is 1. The Balaban J connectivity index is 3.37. The Kier molecular flexibility index (Phi) is 5.35. The zero-order valence-corrected chi connectivity index (χ0v) is 6.69. The summed E-state index contributed by atoms with van der Waals surface area (Å²) >= 11 is 5.30. The van der Waals surface area contributed by atoms with E-state index < -0.39 is 0 Å². The van der Waals surface area contributed by atoms with Gasteiger partial charge in [0.1, 0.15) is 0 Å². The lowest BCUT2D eigenvalue weighted by molar-refractivity contribution is -0.121. The summed E-state index contributed by atoms with van der Waals surface area (Å²) in [5, 5.41) is 11.1. The Morgan fingerprint density at radius 1 is 1.80 bits per heavy atom. The molecule has 1 unspecified atom stereocenters. The summed E-state index contributed by atoms with van der Waals surface area (Å²) in [7, 11) is 0. The van der Waals surface area contributed by atoms with Crippen LogP contribution in [0.25, 0.3) is 0 Å². The van der Waals surface area contributed by atoms with Crippen molar-refractivity contribution in [3.05, 3.63) is 0 Å². The Bertz CT molecular complexity index is 108. The number of halogens is 1. The van der Waals surface area contributed by atoms with Crippen molar-refractivity contribution >= 4 is 17.5 Å². The number of nitrogens with one attached hydrogen (secondary N) is 1. The quantitative estimate of drug-likeness (QED) is 0.581. The van der Waals surface area contributed by atoms with Crippen molar-refractivity contribution in [2.45, 2.75) is 19.4 Å². The van der Waals surface area contributed by atoms with Crippen molar-refractivity contribution in [2.24, 2.45) is 0 Å². The molecule has 0 aromatic carbocycles. The molecule has 0 rings (SSSR count). The van der Waals surface area contributed by atoms with Crippen molar-refractivity contribution in [3.63, 3.8) is 0 Å². The summed E-state index contributed by atoms with van der Waals surface area (Å²) < 4.78 is 0. The van der Waals surface area contributed by atoms with E-state index in [0.717, 1.165) is 0 Å². The first-order valence-electron chi connectivity index (χ1n) is 3.17. The van der Waals surface area contributed by atoms with E-state index in [0.29, 0.717) is 12.3 Å². The lowest BCUT2D eigenvalue weighted by Crippen LogP contribution is -2.34. The maximum atomic E-state index is 10.7. The number of hydrogen-bond acceptors (Lipinski definition) is 2. The topological polar surface area (TPSA) is 49.3 Å². The van der Waals surface area contributed by atoms with Gasteiger partial charge in [0.15, 0.2) is 0 Å². The van der Waals surface area contributed by atoms with Gasteiger partial charge in [-0.15, -0.1) is 11.6 Å². The van der Waals surface area contributed by atoms with Crippen LogP contribution in [0.1, 0.15) is 13.3 Å². The van der Waals surface area contributed by atoms with Gasteiger partial charge < -0.3 is 10.4 Å². The molecule has 0 heterocycles. The molecular weight excluding hydrogens is 154 g/mol. The van der Waals surface area contributed by atoms with Crippen molar-refractivity contribution in [1.82, 2.24) is 5.32 Å². The summed E-state index contributed by atoms with van der Waals surface area (Å²) in [5.41, 5.74) is 0. The molecule has 0 radical (unpaired) electrons. The fourth-order valence-electron chi connectivity index (χ4n) is 0.478. The number of carbonyl (C=O) groups is 1. The molecule has 3 nitrogen and oxygen atoms in total. The van der Waals surface area contributed by atoms with Crippen LogP contribution < -0.4 is 5.32 Å². The molecule has 1 amide bonds. The van der Waals surface area contributed by atoms with E-state index in [2.05, 4.69) is 5.32 Å². The van der Waals surface area contributed by atoms with Crippen LogP contribution in [0, 0.1) is 0 Å². The smallest absolute Gasteiger partial charge is 0.221 e. The maximum absolute atomic E-state index is 10.7. The van der Waals surface area contributed by atoms with E-state index in [1.54, 1.807) is 6.92 Å². The van der Waals surface area contributed by atoms with Crippen molar-refractivity contribution in [1.29, 1.82) is 0 Å². The molecule has 1 atom stereocenters. The third kappa shape index (κ3) is 4.58. The molecule has 0 aromatic heterocycles. The third-order valence-corrected chi connectivity index (χ3v) is 1.19. The van der Waals surface area contributed by atoms with E-state index in [1.165, 1.54) is 0 Å². The van der Waals surface area contributed by atoms with Crippen LogP contribution in [0.5, 0.6) is 0 Å². The van der Waals surface area contributed by atoms with Gasteiger partial charge in [-0.25, -0.2) is 0 Å². The predicted molar refractivity (Wildman–Crippen MR) is 40.0 cm³/mol. The van der Waals surface area contributed by atoms with E-state index in [-0.39, 0.29) is 18.6 Å². The van der Waals surface area contributed by atoms with Crippen LogP contribution in [0.15, 0.2) is 0 Å². The van der Waals surface area contributed by atoms with Gasteiger partial charge in [-0.1, -0.05) is 0 Å². The fraction of sp³-hybridized carbons (Fsp3) is 0.833. The first-order chi connectivity index (χ1) is 4.70. The van der Waals surface area contributed by atoms with Crippen molar-refractivity contribution < 1.29 is 9.90 Å². The summed E-state index contributed by atoms with van der Waals surface area (Å²) in [6.45, 7) is 1.69. The molecule has 4 heteroatoms. The van der Waals surface area contributed by atoms with E-state index in [9.17, 15) is 4.79 Å². The molecule has 0 aliphatic heterocycles. The minimum absolute atomic E-state index is 0.0337. The second-order valence-corrected chi connectivity index (χ2v) is 2.47. The Morgan fingerprint density at radius 2 is 2.40 bits per heavy atom. The first kappa shape index (κ1) is 9.72. The molecule has 0 fully saturated rings. The van der Waals surface area contributed by atoms with Crippen LogP contribution in [-0.2, 0) is 4.79 Å². The van der Waals surface area contributed by atoms with Crippen LogP contribution in [0.4, 0.5) is 0 Å². The van der Waals surface area contributed by atoms with Crippen molar-refractivity contribution in [2.75, 3.05) is 12.5 Å².